The molecular formula is C14H19NO. The number of carbonyl (C=O) groups excluding carboxylic acids is 1. The van der Waals surface area contributed by atoms with E-state index in [1.807, 2.05) is 19.2 Å². The van der Waals surface area contributed by atoms with Crippen molar-refractivity contribution in [3.63, 3.8) is 0 Å². The standard InChI is InChI=1S/C14H19NO/c1-11-7-3-4-8-12(11)14(15-2)10-6-5-9-13(14)16/h3-4,7-8,15H,5-6,9-10H2,1-2H3/t14-/m0/s1. The molecule has 1 fully saturated rings. The van der Waals surface area contributed by atoms with Crippen LogP contribution in [0.5, 0.6) is 0 Å². The van der Waals surface area contributed by atoms with Gasteiger partial charge < -0.3 is 5.32 Å². The first-order valence-corrected chi connectivity index (χ1v) is 5.99. The third-order valence-electron chi connectivity index (χ3n) is 3.71. The van der Waals surface area contributed by atoms with E-state index >= 15 is 0 Å². The van der Waals surface area contributed by atoms with Crippen molar-refractivity contribution in [2.45, 2.75) is 38.1 Å². The minimum Gasteiger partial charge on any atom is -0.304 e. The zero-order chi connectivity index (χ0) is 11.6. The Hall–Kier alpha value is -1.15. The Morgan fingerprint density at radius 2 is 2.00 bits per heavy atom. The van der Waals surface area contributed by atoms with Crippen molar-refractivity contribution < 1.29 is 4.79 Å². The molecule has 2 rings (SSSR count). The van der Waals surface area contributed by atoms with Crippen molar-refractivity contribution in [1.29, 1.82) is 0 Å². The van der Waals surface area contributed by atoms with Gasteiger partial charge in [0.25, 0.3) is 0 Å². The molecule has 0 unspecified atom stereocenters. The number of nitrogens with one attached hydrogen (secondary N) is 1. The van der Waals surface area contributed by atoms with E-state index in [0.29, 0.717) is 12.2 Å². The molecule has 0 saturated heterocycles. The second-order valence-corrected chi connectivity index (χ2v) is 4.60. The van der Waals surface area contributed by atoms with Gasteiger partial charge in [-0.2, -0.15) is 0 Å². The van der Waals surface area contributed by atoms with Crippen molar-refractivity contribution in [1.82, 2.24) is 5.32 Å². The van der Waals surface area contributed by atoms with Crippen LogP contribution >= 0.6 is 0 Å². The molecule has 16 heavy (non-hydrogen) atoms. The minimum absolute atomic E-state index is 0.343. The van der Waals surface area contributed by atoms with Gasteiger partial charge in [0.05, 0.1) is 0 Å². The van der Waals surface area contributed by atoms with E-state index in [0.717, 1.165) is 24.8 Å². The average Bonchev–Trinajstić information content (AvgIpc) is 2.31. The summed E-state index contributed by atoms with van der Waals surface area (Å²) >= 11 is 0. The van der Waals surface area contributed by atoms with Gasteiger partial charge in [0.15, 0.2) is 5.78 Å². The van der Waals surface area contributed by atoms with Crippen LogP contribution in [0.25, 0.3) is 0 Å². The first kappa shape index (κ1) is 11.3. The van der Waals surface area contributed by atoms with Gasteiger partial charge in [-0.05, 0) is 37.9 Å². The Morgan fingerprint density at radius 3 is 2.62 bits per heavy atom. The lowest BCUT2D eigenvalue weighted by atomic mass is 9.74. The average molecular weight is 217 g/mol. The summed E-state index contributed by atoms with van der Waals surface area (Å²) in [6.45, 7) is 2.08. The molecule has 1 aliphatic rings. The molecule has 0 heterocycles. The first-order chi connectivity index (χ1) is 7.70. The largest absolute Gasteiger partial charge is 0.304 e. The van der Waals surface area contributed by atoms with Gasteiger partial charge in [-0.25, -0.2) is 0 Å². The van der Waals surface area contributed by atoms with Crippen molar-refractivity contribution in [2.75, 3.05) is 7.05 Å². The van der Waals surface area contributed by atoms with Crippen molar-refractivity contribution in [3.8, 4) is 0 Å². The summed E-state index contributed by atoms with van der Waals surface area (Å²) in [5.41, 5.74) is 1.93. The fourth-order valence-electron chi connectivity index (χ4n) is 2.76. The number of carbonyl (C=O) groups is 1. The van der Waals surface area contributed by atoms with Gasteiger partial charge >= 0.3 is 0 Å². The van der Waals surface area contributed by atoms with Crippen LogP contribution in [-0.4, -0.2) is 12.8 Å². The molecular weight excluding hydrogens is 198 g/mol. The quantitative estimate of drug-likeness (QED) is 0.825. The Kier molecular flexibility index (Phi) is 3.10. The van der Waals surface area contributed by atoms with Gasteiger partial charge in [-0.3, -0.25) is 4.79 Å². The smallest absolute Gasteiger partial charge is 0.157 e. The van der Waals surface area contributed by atoms with Crippen LogP contribution in [0, 0.1) is 6.92 Å². The number of ketones is 1. The zero-order valence-corrected chi connectivity index (χ0v) is 10.0. The molecule has 1 aliphatic carbocycles. The third kappa shape index (κ3) is 1.67. The van der Waals surface area contributed by atoms with Crippen molar-refractivity contribution in [2.24, 2.45) is 0 Å². The van der Waals surface area contributed by atoms with Crippen molar-refractivity contribution in [3.05, 3.63) is 35.4 Å². The molecule has 86 valence electrons. The summed E-state index contributed by atoms with van der Waals surface area (Å²) in [6, 6.07) is 8.20. The van der Waals surface area contributed by atoms with Crippen LogP contribution in [0.2, 0.25) is 0 Å². The fraction of sp³-hybridized carbons (Fsp3) is 0.500. The summed E-state index contributed by atoms with van der Waals surface area (Å²) in [4.78, 5) is 12.2. The lowest BCUT2D eigenvalue weighted by molar-refractivity contribution is -0.127. The van der Waals surface area contributed by atoms with E-state index < -0.39 is 5.54 Å². The summed E-state index contributed by atoms with van der Waals surface area (Å²) < 4.78 is 0. The molecule has 0 spiro atoms. The second kappa shape index (κ2) is 4.38. The number of Topliss-reactive ketones (excluding diaryl/α,β-unsaturated/α-hetero) is 1. The maximum atomic E-state index is 12.2. The highest BCUT2D eigenvalue weighted by atomic mass is 16.1. The highest BCUT2D eigenvalue weighted by Crippen LogP contribution is 2.35. The summed E-state index contributed by atoms with van der Waals surface area (Å²) in [5.74, 6) is 0.343. The number of likely N-dealkylation sites (N-methyl/N-ethyl adjacent to an activating group) is 1. The number of hydrogen-bond acceptors (Lipinski definition) is 2. The molecule has 1 aromatic carbocycles. The summed E-state index contributed by atoms with van der Waals surface area (Å²) in [7, 11) is 1.90. The maximum absolute atomic E-state index is 12.2. The van der Waals surface area contributed by atoms with Crippen LogP contribution in [0.3, 0.4) is 0 Å². The number of hydrogen-bond donors (Lipinski definition) is 1. The molecule has 1 atom stereocenters. The van der Waals surface area contributed by atoms with Crippen LogP contribution in [0.1, 0.15) is 36.8 Å². The molecule has 2 nitrogen and oxygen atoms in total. The highest BCUT2D eigenvalue weighted by molar-refractivity contribution is 5.90. The molecule has 1 aromatic rings. The zero-order valence-electron chi connectivity index (χ0n) is 10.0. The number of aryl methyl sites for hydroxylation is 1. The Morgan fingerprint density at radius 1 is 1.25 bits per heavy atom. The lowest BCUT2D eigenvalue weighted by Crippen LogP contribution is -2.49. The van der Waals surface area contributed by atoms with Crippen molar-refractivity contribution >= 4 is 5.78 Å². The second-order valence-electron chi connectivity index (χ2n) is 4.60. The van der Waals surface area contributed by atoms with Gasteiger partial charge in [0.1, 0.15) is 5.54 Å². The van der Waals surface area contributed by atoms with E-state index in [9.17, 15) is 4.79 Å². The normalized spacial score (nSPS) is 25.8. The lowest BCUT2D eigenvalue weighted by Gasteiger charge is -2.37. The highest BCUT2D eigenvalue weighted by Gasteiger charge is 2.40. The minimum atomic E-state index is -0.427. The summed E-state index contributed by atoms with van der Waals surface area (Å²) in [6.07, 6.45) is 3.79. The van der Waals surface area contributed by atoms with Gasteiger partial charge in [-0.15, -0.1) is 0 Å². The van der Waals surface area contributed by atoms with E-state index in [1.165, 1.54) is 5.56 Å². The maximum Gasteiger partial charge on any atom is 0.157 e. The predicted molar refractivity (Wildman–Crippen MR) is 65.4 cm³/mol. The van der Waals surface area contributed by atoms with Crippen LogP contribution in [-0.2, 0) is 10.3 Å². The first-order valence-electron chi connectivity index (χ1n) is 5.99. The molecule has 2 heteroatoms. The van der Waals surface area contributed by atoms with Crippen LogP contribution in [0.4, 0.5) is 0 Å². The molecule has 0 amide bonds. The van der Waals surface area contributed by atoms with E-state index in [1.54, 1.807) is 0 Å². The molecule has 0 bridgehead atoms. The molecule has 0 radical (unpaired) electrons. The van der Waals surface area contributed by atoms with Gasteiger partial charge in [0, 0.05) is 6.42 Å². The van der Waals surface area contributed by atoms with Gasteiger partial charge in [0.2, 0.25) is 0 Å². The van der Waals surface area contributed by atoms with Gasteiger partial charge in [-0.1, -0.05) is 30.7 Å². The third-order valence-corrected chi connectivity index (χ3v) is 3.71. The fourth-order valence-corrected chi connectivity index (χ4v) is 2.76. The Bertz CT molecular complexity index is 399. The summed E-state index contributed by atoms with van der Waals surface area (Å²) in [5, 5.41) is 3.27. The number of rotatable bonds is 2. The Balaban J connectivity index is 2.48. The predicted octanol–water partition coefficient (Wildman–Crippen LogP) is 2.55. The van der Waals surface area contributed by atoms with E-state index in [4.69, 9.17) is 0 Å². The van der Waals surface area contributed by atoms with E-state index in [2.05, 4.69) is 24.4 Å². The molecule has 1 N–H and O–H groups in total. The van der Waals surface area contributed by atoms with Crippen LogP contribution in [0.15, 0.2) is 24.3 Å². The Labute approximate surface area is 97.1 Å². The molecule has 0 aromatic heterocycles. The SMILES string of the molecule is CN[C@]1(c2ccccc2C)CCCCC1=O. The monoisotopic (exact) mass is 217 g/mol. The topological polar surface area (TPSA) is 29.1 Å². The van der Waals surface area contributed by atoms with Crippen LogP contribution < -0.4 is 5.32 Å². The molecule has 1 saturated carbocycles. The van der Waals surface area contributed by atoms with E-state index in [-0.39, 0.29) is 0 Å². The number of benzene rings is 1. The molecule has 0 aliphatic heterocycles.